The summed E-state index contributed by atoms with van der Waals surface area (Å²) in [5.41, 5.74) is 1.70. The van der Waals surface area contributed by atoms with Gasteiger partial charge in [-0.15, -0.1) is 0 Å². The maximum Gasteiger partial charge on any atom is 0.244 e. The van der Waals surface area contributed by atoms with Crippen molar-refractivity contribution in [2.24, 2.45) is 7.05 Å². The average Bonchev–Trinajstić information content (AvgIpc) is 3.34. The predicted molar refractivity (Wildman–Crippen MR) is 106 cm³/mol. The number of rotatable bonds is 5. The zero-order chi connectivity index (χ0) is 19.5. The average molecular weight is 396 g/mol. The molecule has 1 N–H and O–H groups in total. The van der Waals surface area contributed by atoms with Crippen LogP contribution in [0.25, 0.3) is 6.08 Å². The highest BCUT2D eigenvalue weighted by Crippen LogP contribution is 2.40. The highest BCUT2D eigenvalue weighted by molar-refractivity contribution is 6.32. The Morgan fingerprint density at radius 3 is 2.86 bits per heavy atom. The molecule has 28 heavy (non-hydrogen) atoms. The Morgan fingerprint density at radius 2 is 2.11 bits per heavy atom. The van der Waals surface area contributed by atoms with Gasteiger partial charge in [-0.1, -0.05) is 41.9 Å². The fraction of sp³-hybridized carbons (Fsp3) is 0.143. The fourth-order valence-corrected chi connectivity index (χ4v) is 3.32. The standard InChI is InChI=1S/C21H18ClN3O3/c1-25-10-9-23-21(25)19(15-5-3-2-4-6-15)24-18(26)8-7-14-11-16(22)20-17(12-14)27-13-28-20/h2-12,19H,13H2,1H3,(H,24,26). The minimum Gasteiger partial charge on any atom is -0.454 e. The fourth-order valence-electron chi connectivity index (χ4n) is 3.04. The molecule has 3 aromatic rings. The lowest BCUT2D eigenvalue weighted by atomic mass is 10.1. The second kappa shape index (κ2) is 7.78. The number of amides is 1. The topological polar surface area (TPSA) is 65.4 Å². The monoisotopic (exact) mass is 395 g/mol. The lowest BCUT2D eigenvalue weighted by Crippen LogP contribution is -2.29. The van der Waals surface area contributed by atoms with Gasteiger partial charge in [0.25, 0.3) is 0 Å². The first-order valence-electron chi connectivity index (χ1n) is 8.71. The van der Waals surface area contributed by atoms with Gasteiger partial charge in [0.1, 0.15) is 11.9 Å². The Morgan fingerprint density at radius 1 is 1.29 bits per heavy atom. The van der Waals surface area contributed by atoms with Crippen LogP contribution in [0.3, 0.4) is 0 Å². The van der Waals surface area contributed by atoms with Crippen molar-refractivity contribution in [3.63, 3.8) is 0 Å². The molecule has 0 bridgehead atoms. The van der Waals surface area contributed by atoms with Crippen LogP contribution < -0.4 is 14.8 Å². The van der Waals surface area contributed by atoms with Gasteiger partial charge in [0, 0.05) is 25.5 Å². The number of benzene rings is 2. The van der Waals surface area contributed by atoms with Gasteiger partial charge in [0.2, 0.25) is 12.7 Å². The molecule has 1 aromatic heterocycles. The summed E-state index contributed by atoms with van der Waals surface area (Å²) in [4.78, 5) is 17.0. The zero-order valence-corrected chi connectivity index (χ0v) is 15.9. The number of aryl methyl sites for hydroxylation is 1. The van der Waals surface area contributed by atoms with Crippen LogP contribution in [0.2, 0.25) is 5.02 Å². The summed E-state index contributed by atoms with van der Waals surface area (Å²) in [6.07, 6.45) is 6.71. The van der Waals surface area contributed by atoms with Gasteiger partial charge >= 0.3 is 0 Å². The minimum absolute atomic E-state index is 0.144. The highest BCUT2D eigenvalue weighted by Gasteiger charge is 2.20. The number of ether oxygens (including phenoxy) is 2. The van der Waals surface area contributed by atoms with Gasteiger partial charge in [0.15, 0.2) is 11.5 Å². The molecular weight excluding hydrogens is 378 g/mol. The van der Waals surface area contributed by atoms with Gasteiger partial charge in [0.05, 0.1) is 5.02 Å². The number of hydrogen-bond acceptors (Lipinski definition) is 4. The van der Waals surface area contributed by atoms with E-state index in [4.69, 9.17) is 21.1 Å². The minimum atomic E-state index is -0.362. The van der Waals surface area contributed by atoms with Gasteiger partial charge in [-0.3, -0.25) is 4.79 Å². The second-order valence-electron chi connectivity index (χ2n) is 6.32. The molecule has 2 heterocycles. The highest BCUT2D eigenvalue weighted by atomic mass is 35.5. The molecule has 0 saturated carbocycles. The first-order valence-corrected chi connectivity index (χ1v) is 9.09. The molecule has 1 unspecified atom stereocenters. The number of carbonyl (C=O) groups excluding carboxylic acids is 1. The molecule has 6 nitrogen and oxygen atoms in total. The molecule has 0 fully saturated rings. The number of hydrogen-bond donors (Lipinski definition) is 1. The normalized spacial score (nSPS) is 13.6. The Labute approximate surface area is 167 Å². The predicted octanol–water partition coefficient (Wildman–Crippen LogP) is 3.72. The number of nitrogens with zero attached hydrogens (tertiary/aromatic N) is 2. The molecule has 0 radical (unpaired) electrons. The van der Waals surface area contributed by atoms with E-state index < -0.39 is 0 Å². The number of imidazole rings is 1. The van der Waals surface area contributed by atoms with E-state index in [1.165, 1.54) is 6.08 Å². The third-order valence-corrected chi connectivity index (χ3v) is 4.69. The van der Waals surface area contributed by atoms with Gasteiger partial charge in [-0.05, 0) is 29.3 Å². The van der Waals surface area contributed by atoms with E-state index in [1.807, 2.05) is 48.1 Å². The van der Waals surface area contributed by atoms with Crippen LogP contribution in [0.4, 0.5) is 0 Å². The van der Waals surface area contributed by atoms with Crippen LogP contribution >= 0.6 is 11.6 Å². The van der Waals surface area contributed by atoms with Crippen LogP contribution in [0.1, 0.15) is 23.0 Å². The summed E-state index contributed by atoms with van der Waals surface area (Å²) in [6, 6.07) is 12.9. The van der Waals surface area contributed by atoms with Crippen molar-refractivity contribution in [3.05, 3.63) is 82.9 Å². The number of halogens is 1. The van der Waals surface area contributed by atoms with Gasteiger partial charge < -0.3 is 19.4 Å². The van der Waals surface area contributed by atoms with Crippen molar-refractivity contribution in [1.82, 2.24) is 14.9 Å². The quantitative estimate of drug-likeness (QED) is 0.669. The third kappa shape index (κ3) is 3.73. The van der Waals surface area contributed by atoms with Crippen molar-refractivity contribution in [1.29, 1.82) is 0 Å². The molecule has 1 aliphatic heterocycles. The smallest absolute Gasteiger partial charge is 0.244 e. The first kappa shape index (κ1) is 18.1. The Hall–Kier alpha value is -3.25. The van der Waals surface area contributed by atoms with Crippen LogP contribution in [0.15, 0.2) is 60.9 Å². The number of aromatic nitrogens is 2. The van der Waals surface area contributed by atoms with Crippen molar-refractivity contribution >= 4 is 23.6 Å². The molecule has 2 aromatic carbocycles. The summed E-state index contributed by atoms with van der Waals surface area (Å²) in [6.45, 7) is 0.144. The lowest BCUT2D eigenvalue weighted by Gasteiger charge is -2.18. The molecule has 7 heteroatoms. The van der Waals surface area contributed by atoms with Crippen LogP contribution in [-0.4, -0.2) is 22.3 Å². The van der Waals surface area contributed by atoms with Crippen LogP contribution in [-0.2, 0) is 11.8 Å². The van der Waals surface area contributed by atoms with Crippen molar-refractivity contribution in [2.75, 3.05) is 6.79 Å². The van der Waals surface area contributed by atoms with Crippen LogP contribution in [0.5, 0.6) is 11.5 Å². The number of carbonyl (C=O) groups is 1. The Balaban J connectivity index is 1.55. The molecule has 1 amide bonds. The van der Waals surface area contributed by atoms with E-state index in [0.717, 1.165) is 17.0 Å². The van der Waals surface area contributed by atoms with E-state index in [-0.39, 0.29) is 18.7 Å². The molecule has 0 spiro atoms. The SMILES string of the molecule is Cn1ccnc1C(NC(=O)C=Cc1cc(Cl)c2c(c1)OCO2)c1ccccc1. The van der Waals surface area contributed by atoms with Crippen LogP contribution in [0, 0.1) is 0 Å². The van der Waals surface area contributed by atoms with E-state index in [0.29, 0.717) is 16.5 Å². The number of nitrogens with one attached hydrogen (secondary N) is 1. The molecule has 1 aliphatic rings. The summed E-state index contributed by atoms with van der Waals surface area (Å²) in [7, 11) is 1.90. The largest absolute Gasteiger partial charge is 0.454 e. The van der Waals surface area contributed by atoms with E-state index in [1.54, 1.807) is 24.4 Å². The molecular formula is C21H18ClN3O3. The molecule has 142 valence electrons. The summed E-state index contributed by atoms with van der Waals surface area (Å²) in [5, 5.41) is 3.47. The molecule has 0 saturated heterocycles. The maximum atomic E-state index is 12.6. The summed E-state index contributed by atoms with van der Waals surface area (Å²) < 4.78 is 12.5. The summed E-state index contributed by atoms with van der Waals surface area (Å²) >= 11 is 6.19. The lowest BCUT2D eigenvalue weighted by molar-refractivity contribution is -0.117. The number of fused-ring (bicyclic) bond motifs is 1. The maximum absolute atomic E-state index is 12.6. The van der Waals surface area contributed by atoms with E-state index in [2.05, 4.69) is 10.3 Å². The van der Waals surface area contributed by atoms with Gasteiger partial charge in [-0.25, -0.2) is 4.98 Å². The van der Waals surface area contributed by atoms with Crippen molar-refractivity contribution < 1.29 is 14.3 Å². The second-order valence-corrected chi connectivity index (χ2v) is 6.73. The Bertz CT molecular complexity index is 1030. The van der Waals surface area contributed by atoms with Crippen molar-refractivity contribution in [2.45, 2.75) is 6.04 Å². The molecule has 1 atom stereocenters. The molecule has 4 rings (SSSR count). The van der Waals surface area contributed by atoms with Crippen molar-refractivity contribution in [3.8, 4) is 11.5 Å². The van der Waals surface area contributed by atoms with Gasteiger partial charge in [-0.2, -0.15) is 0 Å². The first-order chi connectivity index (χ1) is 13.6. The van der Waals surface area contributed by atoms with E-state index >= 15 is 0 Å². The zero-order valence-electron chi connectivity index (χ0n) is 15.1. The molecule has 0 aliphatic carbocycles. The third-order valence-electron chi connectivity index (χ3n) is 4.41. The summed E-state index contributed by atoms with van der Waals surface area (Å²) in [5.74, 6) is 1.61. The van der Waals surface area contributed by atoms with E-state index in [9.17, 15) is 4.79 Å². The Kier molecular flexibility index (Phi) is 5.04.